The summed E-state index contributed by atoms with van der Waals surface area (Å²) >= 11 is 7.17. The summed E-state index contributed by atoms with van der Waals surface area (Å²) in [4.78, 5) is 12.2. The fraction of sp³-hybridized carbons (Fsp3) is 0.357. The normalized spacial score (nSPS) is 10.9. The number of aryl methyl sites for hydroxylation is 1. The van der Waals surface area contributed by atoms with Crippen molar-refractivity contribution in [1.29, 1.82) is 0 Å². The Bertz CT molecular complexity index is 530. The van der Waals surface area contributed by atoms with Crippen LogP contribution in [-0.4, -0.2) is 5.24 Å². The Hall–Kier alpha value is -0.860. The molecule has 0 aliphatic heterocycles. The van der Waals surface area contributed by atoms with Gasteiger partial charge in [-0.1, -0.05) is 38.0 Å². The van der Waals surface area contributed by atoms with Gasteiger partial charge in [0.15, 0.2) is 0 Å². The highest BCUT2D eigenvalue weighted by atomic mass is 35.5. The zero-order chi connectivity index (χ0) is 12.3. The number of hydrogen-bond acceptors (Lipinski definition) is 2. The molecule has 0 aliphatic rings. The van der Waals surface area contributed by atoms with Gasteiger partial charge in [0.25, 0.3) is 5.24 Å². The van der Waals surface area contributed by atoms with Gasteiger partial charge in [0.1, 0.15) is 0 Å². The molecule has 0 bridgehead atoms. The van der Waals surface area contributed by atoms with Crippen molar-refractivity contribution in [2.75, 3.05) is 0 Å². The highest BCUT2D eigenvalue weighted by molar-refractivity contribution is 7.22. The largest absolute Gasteiger partial charge is 0.275 e. The van der Waals surface area contributed by atoms with E-state index in [1.807, 2.05) is 18.2 Å². The molecule has 0 radical (unpaired) electrons. The molecule has 0 unspecified atom stereocenters. The minimum Gasteiger partial charge on any atom is -0.275 e. The van der Waals surface area contributed by atoms with E-state index in [2.05, 4.69) is 13.0 Å². The summed E-state index contributed by atoms with van der Waals surface area (Å²) in [6.45, 7) is 2.18. The van der Waals surface area contributed by atoms with Crippen molar-refractivity contribution in [3.8, 4) is 0 Å². The summed E-state index contributed by atoms with van der Waals surface area (Å²) in [6, 6.07) is 8.14. The zero-order valence-corrected chi connectivity index (χ0v) is 11.4. The van der Waals surface area contributed by atoms with E-state index in [0.717, 1.165) is 28.0 Å². The molecule has 0 atom stereocenters. The molecule has 17 heavy (non-hydrogen) atoms. The van der Waals surface area contributed by atoms with Gasteiger partial charge < -0.3 is 0 Å². The first kappa shape index (κ1) is 12.6. The lowest BCUT2D eigenvalue weighted by atomic mass is 10.0. The lowest BCUT2D eigenvalue weighted by Gasteiger charge is -2.01. The van der Waals surface area contributed by atoms with Crippen LogP contribution in [-0.2, 0) is 6.42 Å². The molecule has 0 aliphatic carbocycles. The molecule has 1 aromatic carbocycles. The predicted molar refractivity (Wildman–Crippen MR) is 75.2 cm³/mol. The third-order valence-electron chi connectivity index (χ3n) is 2.91. The van der Waals surface area contributed by atoms with Crippen LogP contribution in [0.15, 0.2) is 24.3 Å². The van der Waals surface area contributed by atoms with Crippen molar-refractivity contribution in [3.05, 3.63) is 34.7 Å². The molecule has 1 nitrogen and oxygen atoms in total. The Morgan fingerprint density at radius 3 is 2.76 bits per heavy atom. The van der Waals surface area contributed by atoms with Gasteiger partial charge in [0, 0.05) is 4.70 Å². The summed E-state index contributed by atoms with van der Waals surface area (Å²) in [6.07, 6.45) is 4.45. The average Bonchev–Trinajstić information content (AvgIpc) is 2.69. The fourth-order valence-corrected chi connectivity index (χ4v) is 3.37. The standard InChI is InChI=1S/C14H15ClOS/c1-2-3-4-8-11-10-7-5-6-9-12(10)17-13(11)14(15)16/h5-7,9H,2-4,8H2,1H3. The minimum atomic E-state index is -0.322. The van der Waals surface area contributed by atoms with Crippen LogP contribution in [0, 0.1) is 0 Å². The quantitative estimate of drug-likeness (QED) is 0.549. The van der Waals surface area contributed by atoms with Crippen molar-refractivity contribution >= 4 is 38.3 Å². The van der Waals surface area contributed by atoms with Gasteiger partial charge in [-0.05, 0) is 41.5 Å². The first-order valence-corrected chi connectivity index (χ1v) is 7.13. The van der Waals surface area contributed by atoms with Crippen LogP contribution >= 0.6 is 22.9 Å². The highest BCUT2D eigenvalue weighted by Gasteiger charge is 2.15. The number of fused-ring (bicyclic) bond motifs is 1. The number of hydrogen-bond donors (Lipinski definition) is 0. The van der Waals surface area contributed by atoms with Gasteiger partial charge in [0.05, 0.1) is 4.88 Å². The van der Waals surface area contributed by atoms with E-state index < -0.39 is 0 Å². The van der Waals surface area contributed by atoms with Crippen LogP contribution in [0.4, 0.5) is 0 Å². The Kier molecular flexibility index (Phi) is 4.19. The molecule has 2 rings (SSSR count). The summed E-state index contributed by atoms with van der Waals surface area (Å²) < 4.78 is 1.16. The van der Waals surface area contributed by atoms with E-state index >= 15 is 0 Å². The van der Waals surface area contributed by atoms with Gasteiger partial charge in [0.2, 0.25) is 0 Å². The smallest absolute Gasteiger partial charge is 0.262 e. The minimum absolute atomic E-state index is 0.322. The molecule has 0 amide bonds. The van der Waals surface area contributed by atoms with Crippen LogP contribution in [0.25, 0.3) is 10.1 Å². The van der Waals surface area contributed by atoms with Gasteiger partial charge in [-0.2, -0.15) is 0 Å². The molecule has 0 N–H and O–H groups in total. The summed E-state index contributed by atoms with van der Waals surface area (Å²) in [5.41, 5.74) is 1.14. The van der Waals surface area contributed by atoms with E-state index in [-0.39, 0.29) is 5.24 Å². The molecule has 90 valence electrons. The third kappa shape index (κ3) is 2.70. The number of unbranched alkanes of at least 4 members (excludes halogenated alkanes) is 2. The SMILES string of the molecule is CCCCCc1c(C(=O)Cl)sc2ccccc12. The van der Waals surface area contributed by atoms with Gasteiger partial charge in [-0.25, -0.2) is 0 Å². The number of carbonyl (C=O) groups is 1. The van der Waals surface area contributed by atoms with E-state index in [1.54, 1.807) is 0 Å². The number of halogens is 1. The highest BCUT2D eigenvalue weighted by Crippen LogP contribution is 2.33. The van der Waals surface area contributed by atoms with Crippen molar-refractivity contribution in [2.45, 2.75) is 32.6 Å². The Morgan fingerprint density at radius 1 is 1.29 bits per heavy atom. The fourth-order valence-electron chi connectivity index (χ4n) is 2.06. The molecule has 0 spiro atoms. The molecule has 0 saturated carbocycles. The summed E-state index contributed by atoms with van der Waals surface area (Å²) in [5, 5.41) is 0.871. The first-order chi connectivity index (χ1) is 8.24. The Morgan fingerprint density at radius 2 is 2.06 bits per heavy atom. The zero-order valence-electron chi connectivity index (χ0n) is 9.83. The maximum absolute atomic E-state index is 11.4. The van der Waals surface area contributed by atoms with Crippen molar-refractivity contribution < 1.29 is 4.79 Å². The molecule has 2 aromatic rings. The number of rotatable bonds is 5. The van der Waals surface area contributed by atoms with Crippen LogP contribution in [0.1, 0.15) is 41.4 Å². The van der Waals surface area contributed by atoms with E-state index in [0.29, 0.717) is 0 Å². The van der Waals surface area contributed by atoms with Gasteiger partial charge in [-0.3, -0.25) is 4.79 Å². The molecule has 1 heterocycles. The van der Waals surface area contributed by atoms with Crippen LogP contribution in [0.3, 0.4) is 0 Å². The maximum Gasteiger partial charge on any atom is 0.262 e. The second-order valence-corrected chi connectivity index (χ2v) is 5.53. The predicted octanol–water partition coefficient (Wildman–Crippen LogP) is 5.01. The average molecular weight is 267 g/mol. The van der Waals surface area contributed by atoms with E-state index in [4.69, 9.17) is 11.6 Å². The second-order valence-electron chi connectivity index (χ2n) is 4.14. The van der Waals surface area contributed by atoms with Crippen molar-refractivity contribution in [2.24, 2.45) is 0 Å². The first-order valence-electron chi connectivity index (χ1n) is 5.94. The van der Waals surface area contributed by atoms with Crippen LogP contribution < -0.4 is 0 Å². The lowest BCUT2D eigenvalue weighted by Crippen LogP contribution is -1.92. The number of benzene rings is 1. The van der Waals surface area contributed by atoms with Crippen LogP contribution in [0.2, 0.25) is 0 Å². The molecule has 3 heteroatoms. The Labute approximate surface area is 110 Å². The Balaban J connectivity index is 2.41. The van der Waals surface area contributed by atoms with E-state index in [9.17, 15) is 4.79 Å². The molecular weight excluding hydrogens is 252 g/mol. The summed E-state index contributed by atoms with van der Waals surface area (Å²) in [5.74, 6) is 0. The number of thiophene rings is 1. The summed E-state index contributed by atoms with van der Waals surface area (Å²) in [7, 11) is 0. The molecule has 0 fully saturated rings. The van der Waals surface area contributed by atoms with Crippen molar-refractivity contribution in [1.82, 2.24) is 0 Å². The lowest BCUT2D eigenvalue weighted by molar-refractivity contribution is 0.108. The third-order valence-corrected chi connectivity index (χ3v) is 4.42. The van der Waals surface area contributed by atoms with E-state index in [1.165, 1.54) is 29.6 Å². The molecule has 0 saturated heterocycles. The molecule has 1 aromatic heterocycles. The topological polar surface area (TPSA) is 17.1 Å². The van der Waals surface area contributed by atoms with Crippen molar-refractivity contribution in [3.63, 3.8) is 0 Å². The van der Waals surface area contributed by atoms with Gasteiger partial charge in [-0.15, -0.1) is 11.3 Å². The van der Waals surface area contributed by atoms with Gasteiger partial charge >= 0.3 is 0 Å². The maximum atomic E-state index is 11.4. The molecular formula is C14H15ClOS. The van der Waals surface area contributed by atoms with Crippen LogP contribution in [0.5, 0.6) is 0 Å². The second kappa shape index (κ2) is 5.65. The monoisotopic (exact) mass is 266 g/mol. The number of carbonyl (C=O) groups excluding carboxylic acids is 1.